The molecule has 0 nitrogen and oxygen atoms in total. The molecule has 0 saturated carbocycles. The summed E-state index contributed by atoms with van der Waals surface area (Å²) < 4.78 is 86.5. The molecule has 4 aromatic rings. The first-order valence-electron chi connectivity index (χ1n) is 20.1. The largest absolute Gasteiger partial charge is 1.00 e. The Morgan fingerprint density at radius 1 is 0.576 bits per heavy atom. The van der Waals surface area contributed by atoms with Crippen molar-refractivity contribution in [2.45, 2.75) is 123 Å². The van der Waals surface area contributed by atoms with Gasteiger partial charge in [-0.1, -0.05) is 0 Å². The van der Waals surface area contributed by atoms with Crippen LogP contribution in [0.15, 0.2) is 93.8 Å². The van der Waals surface area contributed by atoms with Crippen molar-refractivity contribution in [3.63, 3.8) is 0 Å². The van der Waals surface area contributed by atoms with Gasteiger partial charge in [-0.25, -0.2) is 0 Å². The summed E-state index contributed by atoms with van der Waals surface area (Å²) in [6, 6.07) is 20.2. The first-order chi connectivity index (χ1) is 26.2. The molecule has 0 bridgehead atoms. The van der Waals surface area contributed by atoms with Crippen LogP contribution in [0.4, 0.5) is 26.3 Å². The van der Waals surface area contributed by atoms with Crippen molar-refractivity contribution < 1.29 is 72.4 Å². The van der Waals surface area contributed by atoms with Crippen molar-refractivity contribution in [2.75, 3.05) is 0 Å². The monoisotopic (exact) mass is 930 g/mol. The summed E-state index contributed by atoms with van der Waals surface area (Å²) in [5.41, 5.74) is 10.3. The van der Waals surface area contributed by atoms with Gasteiger partial charge in [0.25, 0.3) is 0 Å². The van der Waals surface area contributed by atoms with E-state index in [1.165, 1.54) is 53.4 Å². The fraction of sp³-hybridized carbons (Fsp3) is 0.420. The Balaban J connectivity index is 0.00000384. The van der Waals surface area contributed by atoms with Gasteiger partial charge in [0.2, 0.25) is 0 Å². The van der Waals surface area contributed by atoms with E-state index >= 15 is 0 Å². The van der Waals surface area contributed by atoms with E-state index in [1.807, 2.05) is 0 Å². The Hall–Kier alpha value is -2.73. The second kappa shape index (κ2) is 17.2. The molecule has 6 rings (SSSR count). The van der Waals surface area contributed by atoms with Gasteiger partial charge in [0, 0.05) is 0 Å². The van der Waals surface area contributed by atoms with E-state index in [9.17, 15) is 26.3 Å². The van der Waals surface area contributed by atoms with Crippen LogP contribution in [0.1, 0.15) is 141 Å². The summed E-state index contributed by atoms with van der Waals surface area (Å²) in [4.78, 5) is 0. The molecule has 0 saturated heterocycles. The van der Waals surface area contributed by atoms with Gasteiger partial charge in [0.1, 0.15) is 0 Å². The van der Waals surface area contributed by atoms with Crippen LogP contribution in [0.2, 0.25) is 0 Å². The van der Waals surface area contributed by atoms with Crippen LogP contribution in [0.3, 0.4) is 0 Å². The Bertz CT molecular complexity index is 2160. The molecule has 2 aliphatic rings. The number of halogens is 8. The van der Waals surface area contributed by atoms with Crippen molar-refractivity contribution >= 4 is 3.21 Å². The molecule has 0 radical (unpaired) electrons. The average Bonchev–Trinajstić information content (AvgIpc) is 3.63. The molecular weight excluding hydrogens is 877 g/mol. The van der Waals surface area contributed by atoms with Crippen LogP contribution in [0, 0.1) is 25.2 Å². The van der Waals surface area contributed by atoms with Crippen LogP contribution >= 0.6 is 0 Å². The summed E-state index contributed by atoms with van der Waals surface area (Å²) in [5, 5.41) is 0. The minimum absolute atomic E-state index is 0. The molecule has 4 aromatic carbocycles. The van der Waals surface area contributed by atoms with Crippen LogP contribution in [-0.2, 0) is 44.4 Å². The zero-order valence-corrected chi connectivity index (χ0v) is 40.1. The Kier molecular flexibility index (Phi) is 14.3. The molecule has 0 heterocycles. The third kappa shape index (κ3) is 9.84. The molecule has 0 amide bonds. The summed E-state index contributed by atoms with van der Waals surface area (Å²) in [6.07, 6.45) is -2.45. The standard InChI is InChI=1S/C23H29.C15H8F6.C12H19.2ClH.Zr/c1-14-9-16-11-17-10-15(2)21(23(6,7)8)13-19(17)18(16)12-20(14)22(3,4)5;16-14(17,18)12-5-1-10(2-6-12)9-11-3-7-13(8-4-11)15(19,20)21;1-5-6-10-7-8-11(9-10)12(2,3)4;;;/h9-13H,1-8H3;1-8H;8-10H,5-6H2,1-4H3;2*1H;/q;;;;;+2/p-2. The maximum absolute atomic E-state index is 14.1. The van der Waals surface area contributed by atoms with Crippen LogP contribution in [-0.4, -0.2) is 3.21 Å². The first kappa shape index (κ1) is 48.9. The Morgan fingerprint density at radius 2 is 0.966 bits per heavy atom. The average molecular weight is 933 g/mol. The van der Waals surface area contributed by atoms with Crippen molar-refractivity contribution in [1.82, 2.24) is 0 Å². The summed E-state index contributed by atoms with van der Waals surface area (Å²) in [7, 11) is 0. The second-order valence-electron chi connectivity index (χ2n) is 19.2. The molecule has 0 aromatic heterocycles. The molecule has 0 fully saturated rings. The Morgan fingerprint density at radius 3 is 1.29 bits per heavy atom. The Labute approximate surface area is 368 Å². The second-order valence-corrected chi connectivity index (χ2v) is 25.3. The molecular formula is C50H56Cl2F6Zr. The fourth-order valence-corrected chi connectivity index (χ4v) is 18.6. The van der Waals surface area contributed by atoms with Gasteiger partial charge < -0.3 is 24.8 Å². The van der Waals surface area contributed by atoms with E-state index in [2.05, 4.69) is 120 Å². The summed E-state index contributed by atoms with van der Waals surface area (Å²) in [5.74, 6) is 0.106. The number of benzene rings is 4. The fourth-order valence-electron chi connectivity index (χ4n) is 9.01. The molecule has 9 heteroatoms. The number of alkyl halides is 6. The van der Waals surface area contributed by atoms with E-state index in [4.69, 9.17) is 0 Å². The van der Waals surface area contributed by atoms with E-state index in [-0.39, 0.29) is 50.6 Å². The van der Waals surface area contributed by atoms with Gasteiger partial charge in [-0.05, 0) is 0 Å². The molecule has 1 unspecified atom stereocenters. The van der Waals surface area contributed by atoms with E-state index in [0.29, 0.717) is 11.1 Å². The number of aryl methyl sites for hydroxylation is 2. The maximum atomic E-state index is 14.1. The van der Waals surface area contributed by atoms with Crippen molar-refractivity contribution in [3.05, 3.63) is 149 Å². The van der Waals surface area contributed by atoms with Gasteiger partial charge in [0.15, 0.2) is 0 Å². The van der Waals surface area contributed by atoms with Gasteiger partial charge >= 0.3 is 345 Å². The molecule has 2 aliphatic carbocycles. The van der Waals surface area contributed by atoms with E-state index < -0.39 is 44.7 Å². The summed E-state index contributed by atoms with van der Waals surface area (Å²) >= 11 is -3.63. The molecule has 0 aliphatic heterocycles. The third-order valence-electron chi connectivity index (χ3n) is 11.7. The molecule has 1 atom stereocenters. The van der Waals surface area contributed by atoms with Crippen molar-refractivity contribution in [1.29, 1.82) is 0 Å². The number of hydrogen-bond donors (Lipinski definition) is 0. The summed E-state index contributed by atoms with van der Waals surface area (Å²) in [6.45, 7) is 26.5. The van der Waals surface area contributed by atoms with Crippen LogP contribution < -0.4 is 24.8 Å². The van der Waals surface area contributed by atoms with Gasteiger partial charge in [-0.15, -0.1) is 0 Å². The molecule has 316 valence electrons. The van der Waals surface area contributed by atoms with Crippen molar-refractivity contribution in [3.8, 4) is 11.1 Å². The molecule has 59 heavy (non-hydrogen) atoms. The minimum Gasteiger partial charge on any atom is -1.00 e. The maximum Gasteiger partial charge on any atom is -1.00 e. The zero-order chi connectivity index (χ0) is 42.2. The van der Waals surface area contributed by atoms with Crippen molar-refractivity contribution in [2.24, 2.45) is 11.3 Å². The van der Waals surface area contributed by atoms with E-state index in [1.54, 1.807) is 24.3 Å². The van der Waals surface area contributed by atoms with Gasteiger partial charge in [0.05, 0.1) is 0 Å². The normalized spacial score (nSPS) is 15.6. The van der Waals surface area contributed by atoms with Crippen LogP contribution in [0.5, 0.6) is 0 Å². The smallest absolute Gasteiger partial charge is 1.00 e. The quantitative estimate of drug-likeness (QED) is 0.170. The zero-order valence-electron chi connectivity index (χ0n) is 36.2. The molecule has 0 spiro atoms. The predicted molar refractivity (Wildman–Crippen MR) is 221 cm³/mol. The topological polar surface area (TPSA) is 0 Å². The number of hydrogen-bond acceptors (Lipinski definition) is 0. The van der Waals surface area contributed by atoms with Gasteiger partial charge in [-0.3, -0.25) is 0 Å². The SMILES string of the molecule is CCCC1C=C(C(C)(C)C)C=[C]1[Zr+2](=[C](c1ccc(C(F)(F)F)cc1)c1ccc(C(F)(F)F)cc1)[CH]1c2cc(C)c(C(C)(C)C)cc2-c2cc(C(C)(C)C)c(C)cc21.[Cl-].[Cl-]. The number of allylic oxidation sites excluding steroid dienone is 4. The van der Waals surface area contributed by atoms with E-state index in [0.717, 1.165) is 40.3 Å². The number of rotatable bonds is 6. The van der Waals surface area contributed by atoms with Gasteiger partial charge in [-0.2, -0.15) is 0 Å². The van der Waals surface area contributed by atoms with Crippen LogP contribution in [0.25, 0.3) is 11.1 Å². The molecule has 0 N–H and O–H groups in total. The predicted octanol–water partition coefficient (Wildman–Crippen LogP) is 9.19. The first-order valence-corrected chi connectivity index (χ1v) is 23.9. The third-order valence-corrected chi connectivity index (χ3v) is 20.2. The minimum atomic E-state index is -4.53. The number of fused-ring (bicyclic) bond motifs is 3.